The minimum Gasteiger partial charge on any atom is -0.456 e. The fourth-order valence-electron chi connectivity index (χ4n) is 9.88. The number of rotatable bonds is 6. The van der Waals surface area contributed by atoms with Crippen LogP contribution < -0.4 is 5.32 Å². The molecule has 6 rings (SSSR count). The van der Waals surface area contributed by atoms with E-state index in [1.165, 1.54) is 0 Å². The lowest BCUT2D eigenvalue weighted by Gasteiger charge is -2.69. The Morgan fingerprint density at radius 2 is 1.58 bits per heavy atom. The number of aliphatic hydroxyl groups excluding tert-OH is 3. The quantitative estimate of drug-likeness (QED) is 0.211. The average Bonchev–Trinajstić information content (AvgIpc) is 3.07. The van der Waals surface area contributed by atoms with Crippen molar-refractivity contribution < 1.29 is 49.0 Å². The van der Waals surface area contributed by atoms with Gasteiger partial charge in [0.25, 0.3) is 0 Å². The molecule has 282 valence electrons. The van der Waals surface area contributed by atoms with Crippen molar-refractivity contribution in [3.63, 3.8) is 0 Å². The van der Waals surface area contributed by atoms with Crippen LogP contribution in [0.2, 0.25) is 0 Å². The van der Waals surface area contributed by atoms with E-state index in [-0.39, 0.29) is 24.5 Å². The molecule has 52 heavy (non-hydrogen) atoms. The molecule has 11 atom stereocenters. The van der Waals surface area contributed by atoms with E-state index in [0.29, 0.717) is 17.7 Å². The summed E-state index contributed by atoms with van der Waals surface area (Å²) in [7, 11) is 0. The topological polar surface area (TPSA) is 172 Å². The highest BCUT2D eigenvalue weighted by Crippen LogP contribution is 2.69. The van der Waals surface area contributed by atoms with E-state index in [0.717, 1.165) is 5.56 Å². The summed E-state index contributed by atoms with van der Waals surface area (Å²) in [6.07, 6.45) is -7.14. The van der Waals surface area contributed by atoms with Crippen LogP contribution in [0.15, 0.2) is 71.8 Å². The van der Waals surface area contributed by atoms with Crippen molar-refractivity contribution in [2.45, 2.75) is 122 Å². The van der Waals surface area contributed by atoms with E-state index in [9.17, 15) is 34.8 Å². The lowest BCUT2D eigenvalue weighted by molar-refractivity contribution is -0.293. The van der Waals surface area contributed by atoms with Gasteiger partial charge in [-0.1, -0.05) is 81.4 Å². The zero-order valence-electron chi connectivity index (χ0n) is 31.3. The first-order valence-corrected chi connectivity index (χ1v) is 18.1. The van der Waals surface area contributed by atoms with Crippen LogP contribution in [-0.2, 0) is 23.8 Å². The van der Waals surface area contributed by atoms with Crippen molar-refractivity contribution in [2.24, 2.45) is 22.2 Å². The van der Waals surface area contributed by atoms with E-state index in [1.54, 1.807) is 78.8 Å². The summed E-state index contributed by atoms with van der Waals surface area (Å²) in [6, 6.07) is 16.6. The summed E-state index contributed by atoms with van der Waals surface area (Å²) in [4.78, 5) is 41.7. The number of aliphatic hydroxyl groups is 4. The first-order chi connectivity index (χ1) is 24.2. The molecule has 1 heterocycles. The Balaban J connectivity index is 1.46. The zero-order valence-corrected chi connectivity index (χ0v) is 31.3. The predicted molar refractivity (Wildman–Crippen MR) is 191 cm³/mol. The molecule has 2 bridgehead atoms. The molecule has 1 amide bonds. The number of carbonyl (C=O) groups excluding carboxylic acids is 3. The Hall–Kier alpha value is -3.61. The van der Waals surface area contributed by atoms with Crippen LogP contribution in [0.25, 0.3) is 0 Å². The highest BCUT2D eigenvalue weighted by atomic mass is 16.6. The lowest BCUT2D eigenvalue weighted by atomic mass is 9.39. The van der Waals surface area contributed by atoms with Crippen molar-refractivity contribution in [2.75, 3.05) is 6.61 Å². The normalized spacial score (nSPS) is 36.5. The van der Waals surface area contributed by atoms with Crippen molar-refractivity contribution in [1.29, 1.82) is 0 Å². The third kappa shape index (κ3) is 5.89. The molecule has 2 saturated carbocycles. The molecule has 0 spiro atoms. The number of alkyl carbamates (subject to hydrolysis) is 1. The van der Waals surface area contributed by atoms with E-state index in [4.69, 9.17) is 14.2 Å². The smallest absolute Gasteiger partial charge is 0.408 e. The second-order valence-corrected chi connectivity index (χ2v) is 17.2. The Morgan fingerprint density at radius 3 is 2.13 bits per heavy atom. The Bertz CT molecular complexity index is 1740. The Labute approximate surface area is 305 Å². The molecular weight excluding hydrogens is 666 g/mol. The van der Waals surface area contributed by atoms with Crippen LogP contribution in [0, 0.1) is 22.2 Å². The highest BCUT2D eigenvalue weighted by Gasteiger charge is 2.74. The molecule has 0 aromatic heterocycles. The summed E-state index contributed by atoms with van der Waals surface area (Å²) < 4.78 is 17.5. The number of esters is 1. The average molecular weight is 720 g/mol. The van der Waals surface area contributed by atoms with E-state index in [2.05, 4.69) is 5.32 Å². The first kappa shape index (κ1) is 38.1. The van der Waals surface area contributed by atoms with Gasteiger partial charge in [-0.25, -0.2) is 9.59 Å². The van der Waals surface area contributed by atoms with E-state index < -0.39 is 87.6 Å². The van der Waals surface area contributed by atoms with Gasteiger partial charge in [0, 0.05) is 29.6 Å². The van der Waals surface area contributed by atoms with Gasteiger partial charge in [0.05, 0.1) is 35.9 Å². The molecule has 4 aliphatic rings. The largest absolute Gasteiger partial charge is 0.456 e. The highest BCUT2D eigenvalue weighted by molar-refractivity contribution is 5.93. The predicted octanol–water partition coefficient (Wildman–Crippen LogP) is 4.52. The molecule has 0 radical (unpaired) electrons. The first-order valence-electron chi connectivity index (χ1n) is 18.1. The number of ether oxygens (including phenoxy) is 3. The van der Waals surface area contributed by atoms with Crippen molar-refractivity contribution in [3.05, 3.63) is 82.9 Å². The summed E-state index contributed by atoms with van der Waals surface area (Å²) in [6.45, 7) is 14.3. The maximum absolute atomic E-state index is 14.8. The second kappa shape index (κ2) is 13.1. The standard InChI is InChI=1S/C41H53NO10/c1-22-25(51-35(47)32(45)30(24-17-13-10-14-18-24)42-36(48)52-37(2,3)4)20-41(49)29(23-15-11-9-12-16-23)33-39(7)21-50-27(39)19-26(43)40(33,8)34(46)31(44)28(22)38(41,5)6/h9-18,25-27,29-33,43-45,49H,19-21H2,1-8H3,(H,42,48)/t25?,26-,27+,29-,30?,31+,32?,33+,39+,40+,41+/m0/s1. The Morgan fingerprint density at radius 1 is 0.981 bits per heavy atom. The maximum atomic E-state index is 14.8. The number of fused-ring (bicyclic) bond motifs is 5. The van der Waals surface area contributed by atoms with Crippen LogP contribution in [-0.4, -0.2) is 86.6 Å². The molecule has 11 heteroatoms. The summed E-state index contributed by atoms with van der Waals surface area (Å²) in [5.41, 5.74) is -4.25. The zero-order chi connectivity index (χ0) is 38.2. The van der Waals surface area contributed by atoms with E-state index >= 15 is 0 Å². The third-order valence-corrected chi connectivity index (χ3v) is 12.7. The number of hydrogen-bond acceptors (Lipinski definition) is 10. The second-order valence-electron chi connectivity index (χ2n) is 17.2. The van der Waals surface area contributed by atoms with Gasteiger partial charge in [-0.2, -0.15) is 0 Å². The van der Waals surface area contributed by atoms with Gasteiger partial charge in [0.2, 0.25) is 0 Å². The molecule has 11 nitrogen and oxygen atoms in total. The van der Waals surface area contributed by atoms with Gasteiger partial charge in [0.1, 0.15) is 17.8 Å². The molecule has 1 saturated heterocycles. The minimum absolute atomic E-state index is 0.145. The lowest BCUT2D eigenvalue weighted by Crippen LogP contribution is -2.74. The number of carbonyl (C=O) groups is 3. The fraction of sp³-hybridized carbons (Fsp3) is 0.585. The fourth-order valence-corrected chi connectivity index (χ4v) is 9.88. The van der Waals surface area contributed by atoms with Crippen LogP contribution in [0.5, 0.6) is 0 Å². The van der Waals surface area contributed by atoms with Gasteiger partial charge in [-0.05, 0) is 62.8 Å². The summed E-state index contributed by atoms with van der Waals surface area (Å²) >= 11 is 0. The van der Waals surface area contributed by atoms with Gasteiger partial charge in [0.15, 0.2) is 11.9 Å². The SMILES string of the molecule is CC1=C2[C@@H](O)C(=O)[C@@]3(C)[C@H]([C@H](c4ccccc4)[C@](O)(CC1OC(=O)C(O)C(NC(=O)OC(C)(C)C)c1ccccc1)C2(C)C)[C@]1(C)CO[C@@H]1C[C@@H]3O. The molecule has 1 aliphatic heterocycles. The molecule has 5 N–H and O–H groups in total. The third-order valence-electron chi connectivity index (χ3n) is 12.7. The maximum Gasteiger partial charge on any atom is 0.408 e. The van der Waals surface area contributed by atoms with Gasteiger partial charge in [-0.15, -0.1) is 0 Å². The number of Topliss-reactive ketones (excluding diaryl/α,β-unsaturated/α-hetero) is 1. The van der Waals surface area contributed by atoms with Gasteiger partial charge >= 0.3 is 12.1 Å². The Kier molecular flexibility index (Phi) is 9.57. The molecular formula is C41H53NO10. The number of hydrogen-bond donors (Lipinski definition) is 5. The number of nitrogens with one attached hydrogen (secondary N) is 1. The summed E-state index contributed by atoms with van der Waals surface area (Å²) in [5, 5.41) is 51.5. The van der Waals surface area contributed by atoms with Crippen LogP contribution >= 0.6 is 0 Å². The van der Waals surface area contributed by atoms with Crippen molar-refractivity contribution in [1.82, 2.24) is 5.32 Å². The van der Waals surface area contributed by atoms with Gasteiger partial charge in [-0.3, -0.25) is 4.79 Å². The molecule has 2 aromatic carbocycles. The number of amides is 1. The van der Waals surface area contributed by atoms with Crippen LogP contribution in [0.4, 0.5) is 4.79 Å². The molecule has 3 aliphatic carbocycles. The van der Waals surface area contributed by atoms with Crippen LogP contribution in [0.1, 0.15) is 91.3 Å². The molecule has 2 aromatic rings. The number of ketones is 1. The molecule has 3 fully saturated rings. The van der Waals surface area contributed by atoms with Crippen molar-refractivity contribution in [3.8, 4) is 0 Å². The summed E-state index contributed by atoms with van der Waals surface area (Å²) in [5.74, 6) is -3.14. The minimum atomic E-state index is -1.90. The van der Waals surface area contributed by atoms with Gasteiger partial charge < -0.3 is 40.0 Å². The van der Waals surface area contributed by atoms with E-state index in [1.807, 2.05) is 37.3 Å². The number of benzene rings is 2. The monoisotopic (exact) mass is 719 g/mol. The van der Waals surface area contributed by atoms with Crippen molar-refractivity contribution >= 4 is 17.8 Å². The van der Waals surface area contributed by atoms with Crippen LogP contribution in [0.3, 0.4) is 0 Å². The molecule has 3 unspecified atom stereocenters.